The molecule has 0 aliphatic carbocycles. The molecule has 0 spiro atoms. The molecule has 2 atom stereocenters. The highest BCUT2D eigenvalue weighted by atomic mass is 16.5. The molecule has 1 saturated heterocycles. The predicted molar refractivity (Wildman–Crippen MR) is 52.7 cm³/mol. The molecule has 1 aliphatic heterocycles. The van der Waals surface area contributed by atoms with Crippen molar-refractivity contribution >= 4 is 0 Å². The minimum Gasteiger partial charge on any atom is -0.389 e. The summed E-state index contributed by atoms with van der Waals surface area (Å²) in [6.45, 7) is 8.40. The molecule has 3 heteroatoms. The molecule has 1 N–H and O–H groups in total. The van der Waals surface area contributed by atoms with E-state index in [4.69, 9.17) is 4.74 Å². The number of nitrogens with zero attached hydrogens (tertiary/aromatic N) is 1. The van der Waals surface area contributed by atoms with E-state index >= 15 is 0 Å². The highest BCUT2D eigenvalue weighted by Crippen LogP contribution is 2.14. The Kier molecular flexibility index (Phi) is 4.70. The van der Waals surface area contributed by atoms with Crippen LogP contribution in [0.4, 0.5) is 0 Å². The van der Waals surface area contributed by atoms with Gasteiger partial charge < -0.3 is 14.7 Å². The Hall–Kier alpha value is -0.120. The van der Waals surface area contributed by atoms with Crippen LogP contribution >= 0.6 is 0 Å². The van der Waals surface area contributed by atoms with Gasteiger partial charge in [-0.3, -0.25) is 0 Å². The van der Waals surface area contributed by atoms with Gasteiger partial charge in [0, 0.05) is 19.7 Å². The predicted octanol–water partition coefficient (Wildman–Crippen LogP) is 0.726. The van der Waals surface area contributed by atoms with Crippen molar-refractivity contribution in [2.24, 2.45) is 5.92 Å². The summed E-state index contributed by atoms with van der Waals surface area (Å²) < 4.78 is 5.16. The van der Waals surface area contributed by atoms with E-state index in [0.29, 0.717) is 13.2 Å². The Morgan fingerprint density at radius 3 is 2.92 bits per heavy atom. The van der Waals surface area contributed by atoms with Crippen LogP contribution in [-0.2, 0) is 4.74 Å². The first-order valence-electron chi connectivity index (χ1n) is 5.20. The van der Waals surface area contributed by atoms with Gasteiger partial charge in [-0.15, -0.1) is 0 Å². The highest BCUT2D eigenvalue weighted by molar-refractivity contribution is 4.74. The fourth-order valence-electron chi connectivity index (χ4n) is 1.80. The van der Waals surface area contributed by atoms with Gasteiger partial charge in [-0.25, -0.2) is 0 Å². The Labute approximate surface area is 80.7 Å². The Morgan fingerprint density at radius 2 is 2.38 bits per heavy atom. The molecule has 3 nitrogen and oxygen atoms in total. The lowest BCUT2D eigenvalue weighted by Gasteiger charge is -2.19. The van der Waals surface area contributed by atoms with Crippen molar-refractivity contribution in [3.63, 3.8) is 0 Å². The van der Waals surface area contributed by atoms with E-state index < -0.39 is 0 Å². The van der Waals surface area contributed by atoms with Crippen LogP contribution in [0.15, 0.2) is 0 Å². The van der Waals surface area contributed by atoms with Crippen molar-refractivity contribution in [3.05, 3.63) is 0 Å². The lowest BCUT2D eigenvalue weighted by Crippen LogP contribution is -2.33. The molecule has 0 aromatic carbocycles. The largest absolute Gasteiger partial charge is 0.389 e. The van der Waals surface area contributed by atoms with Crippen LogP contribution in [0.25, 0.3) is 0 Å². The maximum absolute atomic E-state index is 9.56. The van der Waals surface area contributed by atoms with Gasteiger partial charge >= 0.3 is 0 Å². The monoisotopic (exact) mass is 187 g/mol. The fraction of sp³-hybridized carbons (Fsp3) is 1.00. The summed E-state index contributed by atoms with van der Waals surface area (Å²) in [7, 11) is 0. The Balaban J connectivity index is 2.09. The van der Waals surface area contributed by atoms with Crippen LogP contribution in [-0.4, -0.2) is 49.0 Å². The van der Waals surface area contributed by atoms with E-state index in [-0.39, 0.29) is 6.10 Å². The number of likely N-dealkylation sites (tertiary alicyclic amines) is 1. The number of β-amino-alcohol motifs (C(OH)–C–C–N with tert-alkyl or cyclic N) is 1. The first kappa shape index (κ1) is 11.0. The zero-order valence-electron chi connectivity index (χ0n) is 8.70. The lowest BCUT2D eigenvalue weighted by molar-refractivity contribution is 0.0247. The van der Waals surface area contributed by atoms with Gasteiger partial charge in [0.25, 0.3) is 0 Å². The van der Waals surface area contributed by atoms with Gasteiger partial charge in [0.2, 0.25) is 0 Å². The molecule has 1 aliphatic rings. The third kappa shape index (κ3) is 4.07. The zero-order chi connectivity index (χ0) is 9.68. The average molecular weight is 187 g/mol. The van der Waals surface area contributed by atoms with E-state index in [2.05, 4.69) is 11.8 Å². The Bertz CT molecular complexity index is 141. The van der Waals surface area contributed by atoms with E-state index in [1.807, 2.05) is 6.92 Å². The van der Waals surface area contributed by atoms with E-state index in [1.54, 1.807) is 0 Å². The van der Waals surface area contributed by atoms with Crippen molar-refractivity contribution in [2.45, 2.75) is 26.4 Å². The van der Waals surface area contributed by atoms with Gasteiger partial charge in [0.15, 0.2) is 0 Å². The molecule has 2 unspecified atom stereocenters. The van der Waals surface area contributed by atoms with Gasteiger partial charge in [0.05, 0.1) is 12.7 Å². The first-order chi connectivity index (χ1) is 6.22. The summed E-state index contributed by atoms with van der Waals surface area (Å²) in [5.74, 6) is 0.791. The first-order valence-corrected chi connectivity index (χ1v) is 5.20. The van der Waals surface area contributed by atoms with Crippen LogP contribution in [0.2, 0.25) is 0 Å². The van der Waals surface area contributed by atoms with Gasteiger partial charge in [0.1, 0.15) is 0 Å². The number of rotatable bonds is 5. The average Bonchev–Trinajstić information content (AvgIpc) is 2.48. The Morgan fingerprint density at radius 1 is 1.62 bits per heavy atom. The third-order valence-corrected chi connectivity index (χ3v) is 2.49. The molecule has 1 fully saturated rings. The standard InChI is InChI=1S/C10H21NO2/c1-3-13-8-10(12)7-11-5-4-9(2)6-11/h9-10,12H,3-8H2,1-2H3. The van der Waals surface area contributed by atoms with Crippen molar-refractivity contribution in [2.75, 3.05) is 32.8 Å². The molecule has 0 amide bonds. The second-order valence-electron chi connectivity index (χ2n) is 3.97. The minimum atomic E-state index is -0.315. The fourth-order valence-corrected chi connectivity index (χ4v) is 1.80. The topological polar surface area (TPSA) is 32.7 Å². The van der Waals surface area contributed by atoms with Crippen molar-refractivity contribution in [1.82, 2.24) is 4.90 Å². The van der Waals surface area contributed by atoms with E-state index in [1.165, 1.54) is 6.42 Å². The summed E-state index contributed by atoms with van der Waals surface area (Å²) in [4.78, 5) is 2.31. The molecule has 0 aromatic heterocycles. The van der Waals surface area contributed by atoms with E-state index in [0.717, 1.165) is 25.6 Å². The van der Waals surface area contributed by atoms with Gasteiger partial charge in [-0.2, -0.15) is 0 Å². The SMILES string of the molecule is CCOCC(O)CN1CCC(C)C1. The molecule has 0 radical (unpaired) electrons. The second-order valence-corrected chi connectivity index (χ2v) is 3.97. The van der Waals surface area contributed by atoms with Crippen LogP contribution in [0, 0.1) is 5.92 Å². The molecule has 1 rings (SSSR count). The smallest absolute Gasteiger partial charge is 0.0900 e. The number of hydrogen-bond donors (Lipinski definition) is 1. The summed E-state index contributed by atoms with van der Waals surface area (Å²) in [5, 5.41) is 9.56. The summed E-state index contributed by atoms with van der Waals surface area (Å²) in [5.41, 5.74) is 0. The number of aliphatic hydroxyl groups excluding tert-OH is 1. The summed E-state index contributed by atoms with van der Waals surface area (Å²) in [6, 6.07) is 0. The minimum absolute atomic E-state index is 0.315. The maximum atomic E-state index is 9.56. The summed E-state index contributed by atoms with van der Waals surface area (Å²) >= 11 is 0. The molecule has 13 heavy (non-hydrogen) atoms. The molecular formula is C10H21NO2. The van der Waals surface area contributed by atoms with Crippen molar-refractivity contribution in [3.8, 4) is 0 Å². The van der Waals surface area contributed by atoms with Crippen LogP contribution in [0.5, 0.6) is 0 Å². The lowest BCUT2D eigenvalue weighted by atomic mass is 10.2. The van der Waals surface area contributed by atoms with Crippen LogP contribution in [0.3, 0.4) is 0 Å². The van der Waals surface area contributed by atoms with Crippen molar-refractivity contribution < 1.29 is 9.84 Å². The van der Waals surface area contributed by atoms with Crippen LogP contribution in [0.1, 0.15) is 20.3 Å². The number of aliphatic hydroxyl groups is 1. The van der Waals surface area contributed by atoms with Gasteiger partial charge in [-0.05, 0) is 25.8 Å². The van der Waals surface area contributed by atoms with Crippen LogP contribution < -0.4 is 0 Å². The molecule has 0 saturated carbocycles. The quantitative estimate of drug-likeness (QED) is 0.688. The third-order valence-electron chi connectivity index (χ3n) is 2.49. The highest BCUT2D eigenvalue weighted by Gasteiger charge is 2.20. The molecule has 78 valence electrons. The molecule has 0 bridgehead atoms. The normalized spacial score (nSPS) is 26.5. The molecule has 0 aromatic rings. The number of hydrogen-bond acceptors (Lipinski definition) is 3. The molecule has 1 heterocycles. The van der Waals surface area contributed by atoms with Crippen molar-refractivity contribution in [1.29, 1.82) is 0 Å². The summed E-state index contributed by atoms with van der Waals surface area (Å²) in [6.07, 6.45) is 0.951. The van der Waals surface area contributed by atoms with Gasteiger partial charge in [-0.1, -0.05) is 6.92 Å². The number of ether oxygens (including phenoxy) is 1. The molecular weight excluding hydrogens is 166 g/mol. The van der Waals surface area contributed by atoms with E-state index in [9.17, 15) is 5.11 Å². The zero-order valence-corrected chi connectivity index (χ0v) is 8.70. The maximum Gasteiger partial charge on any atom is 0.0900 e. The second kappa shape index (κ2) is 5.58.